The van der Waals surface area contributed by atoms with Crippen LogP contribution >= 0.6 is 31.9 Å². The van der Waals surface area contributed by atoms with E-state index in [0.717, 1.165) is 48.4 Å². The second-order valence-electron chi connectivity index (χ2n) is 16.8. The van der Waals surface area contributed by atoms with Crippen molar-refractivity contribution in [1.82, 2.24) is 29.1 Å². The Bertz CT molecular complexity index is 2990. The van der Waals surface area contributed by atoms with Gasteiger partial charge in [-0.1, -0.05) is 64.8 Å². The maximum atomic E-state index is 13.1. The molecule has 0 fully saturated rings. The van der Waals surface area contributed by atoms with Crippen LogP contribution in [0, 0.1) is 6.92 Å². The summed E-state index contributed by atoms with van der Waals surface area (Å²) >= 11 is 7.34. The molecule has 18 nitrogen and oxygen atoms in total. The first-order valence-electron chi connectivity index (χ1n) is 23.6. The molecule has 0 spiro atoms. The highest BCUT2D eigenvalue weighted by molar-refractivity contribution is 9.10. The van der Waals surface area contributed by atoms with Crippen molar-refractivity contribution in [2.75, 3.05) is 20.2 Å². The zero-order valence-corrected chi connectivity index (χ0v) is 43.3. The number of hydrogen-bond acceptors (Lipinski definition) is 16. The number of ether oxygens (including phenoxy) is 6. The molecular weight excluding hydrogens is 1060 g/mol. The van der Waals surface area contributed by atoms with Gasteiger partial charge in [0.15, 0.2) is 0 Å². The third-order valence-electron chi connectivity index (χ3n) is 11.9. The Labute approximate surface area is 432 Å². The number of carbonyl (C=O) groups is 4. The standard InChI is InChI=1S/C52H52Br2N8O10/c1-5-22-67-51(65)70-29-68-45(63)19-15-41-49-57-26-31(4)61(49)43-17-12-33(53)24-37(43)48(59-41)40-14-11-32(27-56-40)23-35-28-58-50-42(16-20-46(64)69-30-71-52(66)72-36(6-2)7-3)60-47(39-10-8-9-21-55-39)38-25-34(54)13-18-44(38)62(35)50/h8-14,17-18,21,24-28,36,41-42H,5-7,15-16,19-20,22-23,29-30H2,1-4H3/t41-,42-/m0/s1. The molecule has 72 heavy (non-hydrogen) atoms. The first kappa shape index (κ1) is 51.3. The number of aromatic nitrogens is 6. The molecule has 2 aliphatic rings. The van der Waals surface area contributed by atoms with Gasteiger partial charge in [-0.25, -0.2) is 19.6 Å². The smallest absolute Gasteiger partial charge is 0.434 e. The summed E-state index contributed by atoms with van der Waals surface area (Å²) in [6, 6.07) is 20.3. The highest BCUT2D eigenvalue weighted by Crippen LogP contribution is 2.37. The number of carbonyl (C=O) groups excluding carboxylic acids is 4. The minimum atomic E-state index is -0.908. The van der Waals surface area contributed by atoms with Crippen LogP contribution in [0.1, 0.15) is 129 Å². The van der Waals surface area contributed by atoms with Gasteiger partial charge in [0.25, 0.3) is 0 Å². The number of halogens is 2. The van der Waals surface area contributed by atoms with Gasteiger partial charge in [0, 0.05) is 75.5 Å². The average molecular weight is 1110 g/mol. The second kappa shape index (κ2) is 23.9. The molecule has 0 N–H and O–H groups in total. The minimum absolute atomic E-state index is 0.0338. The molecule has 0 saturated heterocycles. The predicted molar refractivity (Wildman–Crippen MR) is 270 cm³/mol. The highest BCUT2D eigenvalue weighted by Gasteiger charge is 2.31. The lowest BCUT2D eigenvalue weighted by Gasteiger charge is -2.16. The number of aryl methyl sites for hydroxylation is 1. The number of aliphatic imine (C=N–C) groups is 2. The van der Waals surface area contributed by atoms with E-state index in [9.17, 15) is 19.2 Å². The number of nitrogens with zero attached hydrogens (tertiary/aromatic N) is 8. The van der Waals surface area contributed by atoms with Crippen molar-refractivity contribution in [3.05, 3.63) is 152 Å². The van der Waals surface area contributed by atoms with E-state index in [0.29, 0.717) is 60.1 Å². The number of hydrogen-bond donors (Lipinski definition) is 0. The summed E-state index contributed by atoms with van der Waals surface area (Å²) in [6.07, 6.45) is 7.73. The Morgan fingerprint density at radius 2 is 1.24 bits per heavy atom. The lowest BCUT2D eigenvalue weighted by molar-refractivity contribution is -0.155. The van der Waals surface area contributed by atoms with Crippen molar-refractivity contribution in [3.63, 3.8) is 0 Å². The fourth-order valence-corrected chi connectivity index (χ4v) is 9.09. The number of rotatable bonds is 19. The number of imidazole rings is 2. The second-order valence-corrected chi connectivity index (χ2v) is 18.7. The molecule has 8 rings (SSSR count). The zero-order valence-electron chi connectivity index (χ0n) is 40.1. The van der Waals surface area contributed by atoms with Crippen LogP contribution in [-0.2, 0) is 44.4 Å². The van der Waals surface area contributed by atoms with Crippen molar-refractivity contribution in [2.24, 2.45) is 9.98 Å². The van der Waals surface area contributed by atoms with Gasteiger partial charge in [-0.2, -0.15) is 0 Å². The predicted octanol–water partition coefficient (Wildman–Crippen LogP) is 10.5. The molecule has 2 atom stereocenters. The zero-order chi connectivity index (χ0) is 50.7. The maximum absolute atomic E-state index is 13.1. The summed E-state index contributed by atoms with van der Waals surface area (Å²) in [4.78, 5) is 79.8. The Balaban J connectivity index is 1.06. The van der Waals surface area contributed by atoms with Crippen molar-refractivity contribution < 1.29 is 47.6 Å². The summed E-state index contributed by atoms with van der Waals surface area (Å²) in [5, 5.41) is 0. The average Bonchev–Trinajstić information content (AvgIpc) is 3.90. The van der Waals surface area contributed by atoms with Crippen LogP contribution in [0.3, 0.4) is 0 Å². The molecule has 0 bridgehead atoms. The van der Waals surface area contributed by atoms with Gasteiger partial charge in [0.2, 0.25) is 13.6 Å². The van der Waals surface area contributed by atoms with Crippen LogP contribution < -0.4 is 0 Å². The van der Waals surface area contributed by atoms with E-state index in [2.05, 4.69) is 41.4 Å². The normalized spacial score (nSPS) is 14.5. The number of benzene rings is 2. The third-order valence-corrected chi connectivity index (χ3v) is 12.9. The molecule has 374 valence electrons. The number of pyridine rings is 2. The molecule has 0 unspecified atom stereocenters. The Morgan fingerprint density at radius 3 is 1.82 bits per heavy atom. The Morgan fingerprint density at radius 1 is 0.639 bits per heavy atom. The molecule has 6 aromatic rings. The summed E-state index contributed by atoms with van der Waals surface area (Å²) in [7, 11) is 0. The van der Waals surface area contributed by atoms with Gasteiger partial charge in [-0.3, -0.25) is 38.7 Å². The molecule has 0 amide bonds. The fourth-order valence-electron chi connectivity index (χ4n) is 8.37. The van der Waals surface area contributed by atoms with Crippen LogP contribution in [-0.4, -0.2) is 91.0 Å². The molecular formula is C52H52Br2N8O10. The van der Waals surface area contributed by atoms with Crippen LogP contribution in [0.15, 0.2) is 110 Å². The summed E-state index contributed by atoms with van der Waals surface area (Å²) < 4.78 is 36.3. The van der Waals surface area contributed by atoms with E-state index in [4.69, 9.17) is 53.4 Å². The summed E-state index contributed by atoms with van der Waals surface area (Å²) in [5.74, 6) is 0.111. The van der Waals surface area contributed by atoms with Gasteiger partial charge in [0.1, 0.15) is 29.8 Å². The van der Waals surface area contributed by atoms with Crippen LogP contribution in [0.25, 0.3) is 11.4 Å². The summed E-state index contributed by atoms with van der Waals surface area (Å²) in [6.45, 7) is 6.69. The van der Waals surface area contributed by atoms with Crippen molar-refractivity contribution >= 4 is 67.5 Å². The summed E-state index contributed by atoms with van der Waals surface area (Å²) in [5.41, 5.74) is 8.38. The van der Waals surface area contributed by atoms with Crippen molar-refractivity contribution in [2.45, 2.75) is 97.2 Å². The molecule has 4 aromatic heterocycles. The van der Waals surface area contributed by atoms with E-state index in [-0.39, 0.29) is 38.4 Å². The van der Waals surface area contributed by atoms with Gasteiger partial charge in [-0.15, -0.1) is 0 Å². The third kappa shape index (κ3) is 12.2. The monoisotopic (exact) mass is 1110 g/mol. The Hall–Kier alpha value is -7.06. The molecule has 20 heteroatoms. The SMILES string of the molecule is CCCOC(=O)OCOC(=O)CC[C@@H]1N=C(c2ccc(Cc3cnc4n3-c3ccc(Br)cc3C(c3ccccn3)=N[C@H]4CCC(=O)OCOC(=O)OC(CC)CC)cn2)c2cc(Br)ccc2-n2c(C)cnc21. The molecule has 0 saturated carbocycles. The van der Waals surface area contributed by atoms with Gasteiger partial charge >= 0.3 is 24.2 Å². The highest BCUT2D eigenvalue weighted by atomic mass is 79.9. The quantitative estimate of drug-likeness (QED) is 0.0420. The van der Waals surface area contributed by atoms with Crippen molar-refractivity contribution in [3.8, 4) is 11.4 Å². The lowest BCUT2D eigenvalue weighted by atomic mass is 10.0. The molecule has 2 aromatic carbocycles. The van der Waals surface area contributed by atoms with E-state index >= 15 is 0 Å². The van der Waals surface area contributed by atoms with Crippen LogP contribution in [0.4, 0.5) is 9.59 Å². The van der Waals surface area contributed by atoms with Gasteiger partial charge in [-0.05, 0) is 99.2 Å². The maximum Gasteiger partial charge on any atom is 0.511 e. The van der Waals surface area contributed by atoms with Gasteiger partial charge < -0.3 is 28.4 Å². The first-order chi connectivity index (χ1) is 34.9. The largest absolute Gasteiger partial charge is 0.511 e. The van der Waals surface area contributed by atoms with E-state index in [1.165, 1.54) is 0 Å². The fraction of sp³-hybridized carbons (Fsp3) is 0.346. The van der Waals surface area contributed by atoms with E-state index in [1.807, 2.05) is 111 Å². The van der Waals surface area contributed by atoms with Crippen molar-refractivity contribution in [1.29, 1.82) is 0 Å². The van der Waals surface area contributed by atoms with Gasteiger partial charge in [0.05, 0.1) is 40.8 Å². The minimum Gasteiger partial charge on any atom is -0.434 e. The van der Waals surface area contributed by atoms with Crippen LogP contribution in [0.5, 0.6) is 0 Å². The topological polar surface area (TPSA) is 210 Å². The molecule has 2 aliphatic heterocycles. The number of esters is 2. The first-order valence-corrected chi connectivity index (χ1v) is 25.2. The number of fused-ring (bicyclic) bond motifs is 6. The lowest BCUT2D eigenvalue weighted by Crippen LogP contribution is -2.20. The van der Waals surface area contributed by atoms with E-state index in [1.54, 1.807) is 12.4 Å². The molecule has 0 radical (unpaired) electrons. The molecule has 6 heterocycles. The van der Waals surface area contributed by atoms with Crippen LogP contribution in [0.2, 0.25) is 0 Å². The van der Waals surface area contributed by atoms with E-state index < -0.39 is 49.9 Å². The molecule has 0 aliphatic carbocycles. The Kier molecular flexibility index (Phi) is 17.0.